The number of rotatable bonds is 9. The third kappa shape index (κ3) is 8.73. The molecule has 1 N–H and O–H groups in total. The van der Waals surface area contributed by atoms with E-state index in [1.807, 2.05) is 0 Å². The van der Waals surface area contributed by atoms with Crippen LogP contribution in [0.5, 0.6) is 17.4 Å². The minimum Gasteiger partial charge on any atom is -0.486 e. The van der Waals surface area contributed by atoms with Gasteiger partial charge in [0, 0.05) is 17.0 Å². The minimum absolute atomic E-state index is 0.00511. The minimum atomic E-state index is -2.70. The Morgan fingerprint density at radius 1 is 0.942 bits per heavy atom. The Balaban J connectivity index is 1.66. The Labute approximate surface area is 304 Å². The summed E-state index contributed by atoms with van der Waals surface area (Å²) in [7, 11) is 0. The first-order valence-electron chi connectivity index (χ1n) is 15.8. The summed E-state index contributed by atoms with van der Waals surface area (Å²) in [5, 5.41) is 4.86. The van der Waals surface area contributed by atoms with Gasteiger partial charge < -0.3 is 23.9 Å². The number of carbonyl (C=O) groups is 3. The van der Waals surface area contributed by atoms with E-state index in [1.165, 1.54) is 48.8 Å². The molecular formula is C36H35BrF3N5O7. The number of anilines is 1. The number of fused-ring (bicyclic) bond motifs is 1. The van der Waals surface area contributed by atoms with Crippen molar-refractivity contribution in [1.29, 1.82) is 0 Å². The van der Waals surface area contributed by atoms with Gasteiger partial charge in [-0.05, 0) is 100 Å². The number of ketones is 1. The van der Waals surface area contributed by atoms with Crippen molar-refractivity contribution in [3.63, 3.8) is 0 Å². The van der Waals surface area contributed by atoms with Crippen LogP contribution in [0.2, 0.25) is 0 Å². The number of hydrogen-bond donors (Lipinski definition) is 1. The standard InChI is InChI=1S/C36H35BrF3N5O7/c1-19-12-30(50-27-11-9-8-10-23(27)38)41-17-26(19)45-32(44(33(47)51-35(2,3)4)34(48)52-36(5,6)7)21(16-42-45)31(46)25-13-20-14-28(49-18-29(39)40)22(37)15-24(20)43-25/h8-17,29,43H,18H2,1-7H3. The predicted octanol–water partition coefficient (Wildman–Crippen LogP) is 9.30. The van der Waals surface area contributed by atoms with E-state index in [-0.39, 0.29) is 40.1 Å². The molecule has 0 saturated carbocycles. The molecule has 5 rings (SSSR count). The summed E-state index contributed by atoms with van der Waals surface area (Å²) < 4.78 is 63.6. The normalized spacial score (nSPS) is 11.8. The van der Waals surface area contributed by atoms with E-state index in [1.54, 1.807) is 60.6 Å². The molecule has 0 spiro atoms. The number of pyridine rings is 1. The van der Waals surface area contributed by atoms with Gasteiger partial charge in [0.15, 0.2) is 17.4 Å². The summed E-state index contributed by atoms with van der Waals surface area (Å²) in [5.41, 5.74) is -1.25. The Morgan fingerprint density at radius 2 is 1.60 bits per heavy atom. The lowest BCUT2D eigenvalue weighted by molar-refractivity contribution is 0.0427. The van der Waals surface area contributed by atoms with Gasteiger partial charge in [-0.1, -0.05) is 12.1 Å². The van der Waals surface area contributed by atoms with Crippen LogP contribution in [0.3, 0.4) is 0 Å². The van der Waals surface area contributed by atoms with Crippen LogP contribution in [-0.2, 0) is 9.47 Å². The number of aromatic nitrogens is 4. The van der Waals surface area contributed by atoms with Gasteiger partial charge in [-0.15, -0.1) is 0 Å². The van der Waals surface area contributed by atoms with Crippen molar-refractivity contribution in [3.8, 4) is 23.1 Å². The zero-order chi connectivity index (χ0) is 38.1. The van der Waals surface area contributed by atoms with E-state index >= 15 is 0 Å². The van der Waals surface area contributed by atoms with Gasteiger partial charge in [0.2, 0.25) is 11.7 Å². The van der Waals surface area contributed by atoms with Gasteiger partial charge >= 0.3 is 12.2 Å². The summed E-state index contributed by atoms with van der Waals surface area (Å²) >= 11 is 3.30. The second-order valence-corrected chi connectivity index (χ2v) is 14.4. The van der Waals surface area contributed by atoms with Crippen LogP contribution in [-0.4, -0.2) is 62.0 Å². The van der Waals surface area contributed by atoms with Crippen molar-refractivity contribution in [1.82, 2.24) is 19.7 Å². The molecule has 0 fully saturated rings. The molecule has 0 aliphatic heterocycles. The van der Waals surface area contributed by atoms with Crippen molar-refractivity contribution in [2.45, 2.75) is 66.1 Å². The number of benzene rings is 2. The maximum absolute atomic E-state index is 14.3. The molecule has 0 unspecified atom stereocenters. The van der Waals surface area contributed by atoms with Crippen molar-refractivity contribution in [2.75, 3.05) is 11.5 Å². The fourth-order valence-electron chi connectivity index (χ4n) is 4.86. The number of halogens is 4. The quantitative estimate of drug-likeness (QED) is 0.145. The van der Waals surface area contributed by atoms with Crippen molar-refractivity contribution in [2.24, 2.45) is 0 Å². The third-order valence-electron chi connectivity index (χ3n) is 6.97. The molecule has 3 aromatic heterocycles. The Hall–Kier alpha value is -5.38. The highest BCUT2D eigenvalue weighted by Crippen LogP contribution is 2.35. The van der Waals surface area contributed by atoms with Gasteiger partial charge in [0.25, 0.3) is 6.43 Å². The lowest BCUT2D eigenvalue weighted by Gasteiger charge is -2.29. The lowest BCUT2D eigenvalue weighted by Crippen LogP contribution is -2.45. The van der Waals surface area contributed by atoms with Crippen LogP contribution < -0.4 is 14.4 Å². The third-order valence-corrected chi connectivity index (χ3v) is 7.59. The molecule has 5 aromatic rings. The molecule has 0 aliphatic carbocycles. The first-order valence-corrected chi connectivity index (χ1v) is 16.6. The van der Waals surface area contributed by atoms with E-state index < -0.39 is 48.0 Å². The van der Waals surface area contributed by atoms with E-state index in [9.17, 15) is 27.6 Å². The number of H-pyrrole nitrogens is 1. The van der Waals surface area contributed by atoms with Gasteiger partial charge in [-0.25, -0.2) is 32.4 Å². The number of para-hydroxylation sites is 1. The van der Waals surface area contributed by atoms with E-state index in [4.69, 9.17) is 18.9 Å². The SMILES string of the molecule is Cc1cc(Oc2ccccc2F)ncc1-n1ncc(C(=O)c2cc3cc(OCC(F)F)c(Br)cc3[nH]2)c1N(C(=O)OC(C)(C)C)C(=O)OC(C)(C)C. The zero-order valence-electron chi connectivity index (χ0n) is 29.2. The molecule has 3 heterocycles. The first kappa shape index (κ1) is 37.9. The lowest BCUT2D eigenvalue weighted by atomic mass is 10.1. The van der Waals surface area contributed by atoms with Crippen LogP contribution in [0.25, 0.3) is 16.6 Å². The highest BCUT2D eigenvalue weighted by molar-refractivity contribution is 9.10. The summed E-state index contributed by atoms with van der Waals surface area (Å²) in [4.78, 5) is 49.9. The van der Waals surface area contributed by atoms with Crippen molar-refractivity contribution in [3.05, 3.63) is 88.0 Å². The number of aromatic amines is 1. The summed E-state index contributed by atoms with van der Waals surface area (Å²) in [6.07, 6.45) is -2.54. The van der Waals surface area contributed by atoms with Gasteiger partial charge in [0.05, 0.1) is 33.8 Å². The maximum Gasteiger partial charge on any atom is 0.425 e. The average Bonchev–Trinajstić information content (AvgIpc) is 3.63. The second kappa shape index (κ2) is 14.7. The predicted molar refractivity (Wildman–Crippen MR) is 188 cm³/mol. The molecule has 2 amide bonds. The van der Waals surface area contributed by atoms with Crippen molar-refractivity contribution >= 4 is 50.6 Å². The van der Waals surface area contributed by atoms with Crippen LogP contribution in [0.4, 0.5) is 28.6 Å². The fourth-order valence-corrected chi connectivity index (χ4v) is 5.32. The number of amides is 2. The van der Waals surface area contributed by atoms with Crippen LogP contribution in [0.15, 0.2) is 65.4 Å². The smallest absolute Gasteiger partial charge is 0.425 e. The zero-order valence-corrected chi connectivity index (χ0v) is 30.8. The van der Waals surface area contributed by atoms with Crippen molar-refractivity contribution < 1.29 is 46.5 Å². The first-order chi connectivity index (χ1) is 24.3. The molecule has 16 heteroatoms. The van der Waals surface area contributed by atoms with E-state index in [0.29, 0.717) is 25.8 Å². The molecule has 0 saturated heterocycles. The van der Waals surface area contributed by atoms with E-state index in [2.05, 4.69) is 31.0 Å². The average molecular weight is 787 g/mol. The molecule has 52 heavy (non-hydrogen) atoms. The number of nitrogens with zero attached hydrogens (tertiary/aromatic N) is 4. The van der Waals surface area contributed by atoms with Gasteiger partial charge in [0.1, 0.15) is 23.6 Å². The topological polar surface area (TPSA) is 138 Å². The highest BCUT2D eigenvalue weighted by atomic mass is 79.9. The highest BCUT2D eigenvalue weighted by Gasteiger charge is 2.39. The number of alkyl halides is 2. The number of carbonyl (C=O) groups excluding carboxylic acids is 3. The summed E-state index contributed by atoms with van der Waals surface area (Å²) in [6.45, 7) is 10.4. The molecule has 274 valence electrons. The maximum atomic E-state index is 14.3. The molecule has 0 radical (unpaired) electrons. The second-order valence-electron chi connectivity index (χ2n) is 13.5. The molecule has 0 aliphatic rings. The molecule has 2 aromatic carbocycles. The number of aryl methyl sites for hydroxylation is 1. The van der Waals surface area contributed by atoms with Gasteiger partial charge in [-0.2, -0.15) is 10.00 Å². The van der Waals surface area contributed by atoms with Crippen LogP contribution in [0, 0.1) is 12.7 Å². The Bertz CT molecular complexity index is 2130. The van der Waals surface area contributed by atoms with Crippen LogP contribution >= 0.6 is 15.9 Å². The van der Waals surface area contributed by atoms with E-state index in [0.717, 1.165) is 4.68 Å². The monoisotopic (exact) mass is 785 g/mol. The number of imide groups is 1. The number of ether oxygens (including phenoxy) is 4. The Kier molecular flexibility index (Phi) is 10.7. The number of nitrogens with one attached hydrogen (secondary N) is 1. The number of hydrogen-bond acceptors (Lipinski definition) is 9. The van der Waals surface area contributed by atoms with Gasteiger partial charge in [-0.3, -0.25) is 4.79 Å². The molecule has 12 nitrogen and oxygen atoms in total. The molecule has 0 atom stereocenters. The fraction of sp³-hybridized carbons (Fsp3) is 0.306. The largest absolute Gasteiger partial charge is 0.486 e. The summed E-state index contributed by atoms with van der Waals surface area (Å²) in [5.74, 6) is -1.53. The summed E-state index contributed by atoms with van der Waals surface area (Å²) in [6, 6.07) is 11.8. The Morgan fingerprint density at radius 3 is 2.19 bits per heavy atom. The van der Waals surface area contributed by atoms with Crippen LogP contribution in [0.1, 0.15) is 63.2 Å². The molecule has 0 bridgehead atoms. The molecular weight excluding hydrogens is 751 g/mol.